The van der Waals surface area contributed by atoms with Crippen LogP contribution in [-0.2, 0) is 42.6 Å². The average Bonchev–Trinajstić information content (AvgIpc) is 3.17. The Kier molecular flexibility index (Phi) is 8.45. The fourth-order valence-corrected chi connectivity index (χ4v) is 4.88. The molecule has 0 aliphatic heterocycles. The maximum Gasteiger partial charge on any atom is 0.346 e. The number of aryl methyl sites for hydroxylation is 2. The first-order chi connectivity index (χ1) is 18.1. The van der Waals surface area contributed by atoms with Crippen molar-refractivity contribution in [2.24, 2.45) is 0 Å². The quantitative estimate of drug-likeness (QED) is 0.249. The number of benzene rings is 3. The van der Waals surface area contributed by atoms with Crippen LogP contribution in [0.25, 0.3) is 11.1 Å². The minimum absolute atomic E-state index is 0.0464. The predicted molar refractivity (Wildman–Crippen MR) is 155 cm³/mol. The van der Waals surface area contributed by atoms with Crippen molar-refractivity contribution in [3.63, 3.8) is 0 Å². The van der Waals surface area contributed by atoms with Gasteiger partial charge in [-0.15, -0.1) is 0 Å². The van der Waals surface area contributed by atoms with Crippen molar-refractivity contribution in [2.75, 3.05) is 0 Å². The molecule has 0 bridgehead atoms. The molecule has 0 spiro atoms. The molecule has 4 rings (SSSR count). The molecular formula is C33H39N3O2. The molecule has 0 saturated heterocycles. The Balaban J connectivity index is 1.43. The van der Waals surface area contributed by atoms with Crippen molar-refractivity contribution in [2.45, 2.75) is 78.8 Å². The van der Waals surface area contributed by atoms with Gasteiger partial charge < -0.3 is 0 Å². The third-order valence-electron chi connectivity index (χ3n) is 6.97. The highest BCUT2D eigenvalue weighted by Crippen LogP contribution is 2.24. The van der Waals surface area contributed by atoms with Gasteiger partial charge in [-0.25, -0.2) is 9.48 Å². The van der Waals surface area contributed by atoms with Crippen LogP contribution >= 0.6 is 0 Å². The van der Waals surface area contributed by atoms with Crippen LogP contribution in [0.2, 0.25) is 0 Å². The van der Waals surface area contributed by atoms with Crippen molar-refractivity contribution < 1.29 is 4.79 Å². The van der Waals surface area contributed by atoms with Crippen LogP contribution in [0.4, 0.5) is 0 Å². The Morgan fingerprint density at radius 2 is 1.47 bits per heavy atom. The molecule has 0 radical (unpaired) electrons. The zero-order valence-corrected chi connectivity index (χ0v) is 23.3. The van der Waals surface area contributed by atoms with Crippen LogP contribution in [0.1, 0.15) is 69.1 Å². The van der Waals surface area contributed by atoms with Gasteiger partial charge in [0.05, 0.1) is 6.54 Å². The molecule has 0 fully saturated rings. The third-order valence-corrected chi connectivity index (χ3v) is 6.97. The molecule has 198 valence electrons. The Morgan fingerprint density at radius 1 is 0.842 bits per heavy atom. The van der Waals surface area contributed by atoms with E-state index in [0.717, 1.165) is 47.3 Å². The molecule has 0 aliphatic carbocycles. The van der Waals surface area contributed by atoms with Gasteiger partial charge in [0, 0.05) is 19.4 Å². The molecular weight excluding hydrogens is 470 g/mol. The molecule has 5 heteroatoms. The molecule has 0 atom stereocenters. The second-order valence-corrected chi connectivity index (χ2v) is 11.2. The summed E-state index contributed by atoms with van der Waals surface area (Å²) >= 11 is 0. The van der Waals surface area contributed by atoms with Crippen LogP contribution in [0.5, 0.6) is 0 Å². The lowest BCUT2D eigenvalue weighted by Crippen LogP contribution is -2.25. The van der Waals surface area contributed by atoms with E-state index in [1.807, 2.05) is 19.1 Å². The largest absolute Gasteiger partial charge is 0.346 e. The number of hydrogen-bond acceptors (Lipinski definition) is 3. The summed E-state index contributed by atoms with van der Waals surface area (Å²) in [4.78, 5) is 24.5. The van der Waals surface area contributed by atoms with Crippen LogP contribution < -0.4 is 5.69 Å². The van der Waals surface area contributed by atoms with Crippen LogP contribution in [0, 0.1) is 0 Å². The van der Waals surface area contributed by atoms with Gasteiger partial charge in [-0.3, -0.25) is 9.36 Å². The first-order valence-electron chi connectivity index (χ1n) is 13.6. The highest BCUT2D eigenvalue weighted by molar-refractivity contribution is 5.79. The topological polar surface area (TPSA) is 56.9 Å². The summed E-state index contributed by atoms with van der Waals surface area (Å²) < 4.78 is 3.39. The maximum atomic E-state index is 13.0. The molecule has 0 saturated carbocycles. The average molecular weight is 510 g/mol. The third kappa shape index (κ3) is 6.77. The number of nitrogens with zero attached hydrogens (tertiary/aromatic N) is 3. The standard InChI is InChI=1S/C33H39N3O2/c1-6-35-31(34-36(32(35)38)23-26-16-18-30(19-17-26)33(3,4)5)15-9-11-25-10-7-13-28(21-25)29-14-8-12-27(22-29)20-24(2)37/h7-8,10,12-14,16-19,21-22H,6,9,11,15,20,23H2,1-5H3. The highest BCUT2D eigenvalue weighted by atomic mass is 16.2. The van der Waals surface area contributed by atoms with E-state index in [9.17, 15) is 9.59 Å². The Labute approximate surface area is 226 Å². The van der Waals surface area contributed by atoms with Crippen molar-refractivity contribution in [3.05, 3.63) is 111 Å². The molecule has 0 N–H and O–H groups in total. The summed E-state index contributed by atoms with van der Waals surface area (Å²) in [6.07, 6.45) is 3.02. The van der Waals surface area contributed by atoms with E-state index in [1.165, 1.54) is 11.1 Å². The Bertz CT molecular complexity index is 1450. The highest BCUT2D eigenvalue weighted by Gasteiger charge is 2.15. The number of hydrogen-bond donors (Lipinski definition) is 0. The molecule has 0 amide bonds. The summed E-state index contributed by atoms with van der Waals surface area (Å²) in [5.41, 5.74) is 6.99. The van der Waals surface area contributed by atoms with Gasteiger partial charge >= 0.3 is 5.69 Å². The van der Waals surface area contributed by atoms with Crippen LogP contribution in [0.3, 0.4) is 0 Å². The molecule has 4 aromatic rings. The molecule has 38 heavy (non-hydrogen) atoms. The number of carbonyl (C=O) groups excluding carboxylic acids is 1. The summed E-state index contributed by atoms with van der Waals surface area (Å²) in [7, 11) is 0. The van der Waals surface area contributed by atoms with Gasteiger partial charge in [-0.2, -0.15) is 5.10 Å². The van der Waals surface area contributed by atoms with Gasteiger partial charge in [0.1, 0.15) is 11.6 Å². The summed E-state index contributed by atoms with van der Waals surface area (Å²) in [5.74, 6) is 1.01. The summed E-state index contributed by atoms with van der Waals surface area (Å²) in [5, 5.41) is 4.72. The van der Waals surface area contributed by atoms with Gasteiger partial charge in [0.2, 0.25) is 0 Å². The van der Waals surface area contributed by atoms with Crippen molar-refractivity contribution in [3.8, 4) is 11.1 Å². The summed E-state index contributed by atoms with van der Waals surface area (Å²) in [6, 6.07) is 25.3. The first kappa shape index (κ1) is 27.3. The normalized spacial score (nSPS) is 11.6. The predicted octanol–water partition coefficient (Wildman–Crippen LogP) is 6.38. The lowest BCUT2D eigenvalue weighted by molar-refractivity contribution is -0.116. The monoisotopic (exact) mass is 509 g/mol. The summed E-state index contributed by atoms with van der Waals surface area (Å²) in [6.45, 7) is 11.3. The van der Waals surface area contributed by atoms with E-state index in [4.69, 9.17) is 5.10 Å². The van der Waals surface area contributed by atoms with E-state index >= 15 is 0 Å². The number of ketones is 1. The molecule has 5 nitrogen and oxygen atoms in total. The molecule has 0 aliphatic rings. The molecule has 0 unspecified atom stereocenters. The number of Topliss-reactive ketones (excluding diaryl/α,β-unsaturated/α-hetero) is 1. The SMILES string of the molecule is CCn1c(CCCc2cccc(-c3cccc(CC(C)=O)c3)c2)nn(Cc2ccc(C(C)(C)C)cc2)c1=O. The maximum absolute atomic E-state index is 13.0. The number of carbonyl (C=O) groups is 1. The van der Waals surface area contributed by atoms with Crippen LogP contribution in [0.15, 0.2) is 77.6 Å². The van der Waals surface area contributed by atoms with Crippen molar-refractivity contribution >= 4 is 5.78 Å². The minimum atomic E-state index is -0.0464. The smallest absolute Gasteiger partial charge is 0.300 e. The Morgan fingerprint density at radius 3 is 2.08 bits per heavy atom. The van der Waals surface area contributed by atoms with Gasteiger partial charge in [-0.1, -0.05) is 93.6 Å². The lowest BCUT2D eigenvalue weighted by atomic mass is 9.87. The number of rotatable bonds is 10. The van der Waals surface area contributed by atoms with Gasteiger partial charge in [0.25, 0.3) is 0 Å². The van der Waals surface area contributed by atoms with Gasteiger partial charge in [-0.05, 0) is 65.5 Å². The fraction of sp³-hybridized carbons (Fsp3) is 0.364. The first-order valence-corrected chi connectivity index (χ1v) is 13.6. The van der Waals surface area contributed by atoms with Crippen molar-refractivity contribution in [1.82, 2.24) is 14.3 Å². The van der Waals surface area contributed by atoms with E-state index in [-0.39, 0.29) is 16.9 Å². The molecule has 1 heterocycles. The Hall–Kier alpha value is -3.73. The zero-order chi connectivity index (χ0) is 27.3. The second-order valence-electron chi connectivity index (χ2n) is 11.2. The van der Waals surface area contributed by atoms with E-state index in [0.29, 0.717) is 19.5 Å². The van der Waals surface area contributed by atoms with E-state index in [2.05, 4.69) is 81.4 Å². The molecule has 1 aromatic heterocycles. The van der Waals surface area contributed by atoms with E-state index < -0.39 is 0 Å². The van der Waals surface area contributed by atoms with Gasteiger partial charge in [0.15, 0.2) is 0 Å². The fourth-order valence-electron chi connectivity index (χ4n) is 4.88. The van der Waals surface area contributed by atoms with E-state index in [1.54, 1.807) is 16.2 Å². The van der Waals surface area contributed by atoms with Crippen LogP contribution in [-0.4, -0.2) is 20.1 Å². The second kappa shape index (κ2) is 11.8. The van der Waals surface area contributed by atoms with Crippen molar-refractivity contribution in [1.29, 1.82) is 0 Å². The lowest BCUT2D eigenvalue weighted by Gasteiger charge is -2.19. The number of aromatic nitrogens is 3. The molecule has 3 aromatic carbocycles. The minimum Gasteiger partial charge on any atom is -0.300 e. The zero-order valence-electron chi connectivity index (χ0n) is 23.3.